The molecule has 0 spiro atoms. The third-order valence-corrected chi connectivity index (χ3v) is 5.57. The second-order valence-corrected chi connectivity index (χ2v) is 7.22. The van der Waals surface area contributed by atoms with E-state index in [1.807, 2.05) is 47.4 Å². The maximum absolute atomic E-state index is 12.7. The van der Waals surface area contributed by atoms with Crippen molar-refractivity contribution < 1.29 is 19.0 Å². The van der Waals surface area contributed by atoms with Crippen LogP contribution in [0.3, 0.4) is 0 Å². The molecule has 1 aliphatic heterocycles. The lowest BCUT2D eigenvalue weighted by atomic mass is 10.1. The zero-order valence-corrected chi connectivity index (χ0v) is 16.5. The summed E-state index contributed by atoms with van der Waals surface area (Å²) in [5.74, 6) is 3.06. The van der Waals surface area contributed by atoms with Gasteiger partial charge in [-0.3, -0.25) is 4.79 Å². The monoisotopic (exact) mass is 379 g/mol. The largest absolute Gasteiger partial charge is 0.497 e. The van der Waals surface area contributed by atoms with E-state index >= 15 is 0 Å². The molecule has 2 unspecified atom stereocenters. The maximum Gasteiger partial charge on any atom is 0.230 e. The molecule has 4 rings (SSSR count). The van der Waals surface area contributed by atoms with E-state index in [9.17, 15) is 4.79 Å². The van der Waals surface area contributed by atoms with Crippen molar-refractivity contribution in [1.29, 1.82) is 0 Å². The molecule has 2 aromatic carbocycles. The number of hydrogen-bond acceptors (Lipinski definition) is 4. The molecule has 2 atom stereocenters. The minimum Gasteiger partial charge on any atom is -0.497 e. The van der Waals surface area contributed by atoms with Crippen LogP contribution >= 0.6 is 0 Å². The molecule has 1 saturated heterocycles. The SMILES string of the molecule is COc1ccc(/C=C2/C3CC3C(=O)N2CCc2ccc(OC)c(OC)c2)cc1. The number of rotatable bonds is 7. The van der Waals surface area contributed by atoms with Gasteiger partial charge in [0.2, 0.25) is 5.91 Å². The Balaban J connectivity index is 1.51. The summed E-state index contributed by atoms with van der Waals surface area (Å²) in [6, 6.07) is 13.9. The van der Waals surface area contributed by atoms with E-state index in [1.165, 1.54) is 0 Å². The van der Waals surface area contributed by atoms with Crippen LogP contribution in [0.1, 0.15) is 17.5 Å². The number of amides is 1. The van der Waals surface area contributed by atoms with Crippen LogP contribution in [0.15, 0.2) is 48.2 Å². The van der Waals surface area contributed by atoms with Gasteiger partial charge >= 0.3 is 0 Å². The summed E-state index contributed by atoms with van der Waals surface area (Å²) >= 11 is 0. The minimum atomic E-state index is 0.176. The molecule has 2 aliphatic rings. The van der Waals surface area contributed by atoms with Crippen molar-refractivity contribution in [2.24, 2.45) is 11.8 Å². The number of likely N-dealkylation sites (tertiary alicyclic amines) is 1. The Morgan fingerprint density at radius 1 is 0.964 bits per heavy atom. The quantitative estimate of drug-likeness (QED) is 0.735. The zero-order valence-electron chi connectivity index (χ0n) is 16.5. The van der Waals surface area contributed by atoms with Crippen molar-refractivity contribution in [3.05, 3.63) is 59.3 Å². The van der Waals surface area contributed by atoms with Gasteiger partial charge in [0.15, 0.2) is 11.5 Å². The van der Waals surface area contributed by atoms with Crippen LogP contribution in [0.2, 0.25) is 0 Å². The molecule has 146 valence electrons. The number of allylic oxidation sites excluding steroid dienone is 1. The van der Waals surface area contributed by atoms with E-state index < -0.39 is 0 Å². The highest BCUT2D eigenvalue weighted by molar-refractivity contribution is 5.89. The molecule has 5 heteroatoms. The Bertz CT molecular complexity index is 903. The smallest absolute Gasteiger partial charge is 0.230 e. The molecule has 0 aromatic heterocycles. The molecule has 1 heterocycles. The van der Waals surface area contributed by atoms with Gasteiger partial charge in [-0.1, -0.05) is 18.2 Å². The number of carbonyl (C=O) groups excluding carboxylic acids is 1. The summed E-state index contributed by atoms with van der Waals surface area (Å²) in [6.45, 7) is 0.670. The van der Waals surface area contributed by atoms with Crippen LogP contribution in [0, 0.1) is 11.8 Å². The van der Waals surface area contributed by atoms with Crippen LogP contribution < -0.4 is 14.2 Å². The first-order valence-electron chi connectivity index (χ1n) is 9.52. The highest BCUT2D eigenvalue weighted by Gasteiger charge is 2.55. The number of hydrogen-bond donors (Lipinski definition) is 0. The van der Waals surface area contributed by atoms with Crippen molar-refractivity contribution in [3.63, 3.8) is 0 Å². The maximum atomic E-state index is 12.7. The van der Waals surface area contributed by atoms with Crippen LogP contribution in [0.5, 0.6) is 17.2 Å². The molecular formula is C23H25NO4. The van der Waals surface area contributed by atoms with Gasteiger partial charge in [-0.15, -0.1) is 0 Å². The first kappa shape index (κ1) is 18.4. The molecule has 1 amide bonds. The molecule has 1 aliphatic carbocycles. The molecule has 5 nitrogen and oxygen atoms in total. The summed E-state index contributed by atoms with van der Waals surface area (Å²) in [6.07, 6.45) is 3.89. The number of nitrogens with zero attached hydrogens (tertiary/aromatic N) is 1. The second kappa shape index (κ2) is 7.58. The molecule has 2 fully saturated rings. The molecule has 0 bridgehead atoms. The van der Waals surface area contributed by atoms with E-state index in [0.29, 0.717) is 24.0 Å². The molecule has 28 heavy (non-hydrogen) atoms. The van der Waals surface area contributed by atoms with E-state index in [2.05, 4.69) is 6.08 Å². The van der Waals surface area contributed by atoms with Crippen molar-refractivity contribution in [2.45, 2.75) is 12.8 Å². The number of ether oxygens (including phenoxy) is 3. The Kier molecular flexibility index (Phi) is 4.99. The average Bonchev–Trinajstić information content (AvgIpc) is 3.49. The van der Waals surface area contributed by atoms with Gasteiger partial charge in [0.1, 0.15) is 5.75 Å². The van der Waals surface area contributed by atoms with Gasteiger partial charge < -0.3 is 19.1 Å². The molecule has 1 saturated carbocycles. The lowest BCUT2D eigenvalue weighted by Crippen LogP contribution is -2.29. The third kappa shape index (κ3) is 3.44. The predicted octanol–water partition coefficient (Wildman–Crippen LogP) is 3.77. The number of fused-ring (bicyclic) bond motifs is 1. The van der Waals surface area contributed by atoms with E-state index in [1.54, 1.807) is 21.3 Å². The fourth-order valence-corrected chi connectivity index (χ4v) is 3.89. The number of carbonyl (C=O) groups is 1. The zero-order chi connectivity index (χ0) is 19.7. The van der Waals surface area contributed by atoms with Crippen LogP contribution in [-0.2, 0) is 11.2 Å². The third-order valence-electron chi connectivity index (χ3n) is 5.57. The Hall–Kier alpha value is -2.95. The lowest BCUT2D eigenvalue weighted by molar-refractivity contribution is -0.128. The van der Waals surface area contributed by atoms with Gasteiger partial charge in [-0.25, -0.2) is 0 Å². The van der Waals surface area contributed by atoms with Crippen LogP contribution in [0.4, 0.5) is 0 Å². The fraction of sp³-hybridized carbons (Fsp3) is 0.348. The lowest BCUT2D eigenvalue weighted by Gasteiger charge is -2.21. The minimum absolute atomic E-state index is 0.176. The topological polar surface area (TPSA) is 48.0 Å². The van der Waals surface area contributed by atoms with Gasteiger partial charge in [-0.05, 0) is 54.3 Å². The molecule has 2 aromatic rings. The van der Waals surface area contributed by atoms with E-state index in [-0.39, 0.29) is 11.8 Å². The van der Waals surface area contributed by atoms with Crippen molar-refractivity contribution in [2.75, 3.05) is 27.9 Å². The first-order valence-corrected chi connectivity index (χ1v) is 9.52. The first-order chi connectivity index (χ1) is 13.6. The standard InChI is InChI=1S/C23H25NO4/c1-26-17-7-4-15(5-8-17)12-20-18-14-19(18)23(25)24(20)11-10-16-6-9-21(27-2)22(13-16)28-3/h4-9,12-13,18-19H,10-11,14H2,1-3H3/b20-12-. The summed E-state index contributed by atoms with van der Waals surface area (Å²) in [5, 5.41) is 0. The van der Waals surface area contributed by atoms with Gasteiger partial charge in [0.05, 0.1) is 21.3 Å². The normalized spacial score (nSPS) is 21.6. The Morgan fingerprint density at radius 3 is 2.39 bits per heavy atom. The predicted molar refractivity (Wildman–Crippen MR) is 108 cm³/mol. The van der Waals surface area contributed by atoms with Gasteiger partial charge in [0, 0.05) is 24.1 Å². The molecule has 0 N–H and O–H groups in total. The second-order valence-electron chi connectivity index (χ2n) is 7.22. The average molecular weight is 379 g/mol. The summed E-state index contributed by atoms with van der Waals surface area (Å²) < 4.78 is 15.9. The van der Waals surface area contributed by atoms with E-state index in [4.69, 9.17) is 14.2 Å². The number of piperidine rings is 1. The van der Waals surface area contributed by atoms with Crippen molar-refractivity contribution in [1.82, 2.24) is 4.90 Å². The summed E-state index contributed by atoms with van der Waals surface area (Å²) in [5.41, 5.74) is 3.35. The van der Waals surface area contributed by atoms with Crippen LogP contribution in [-0.4, -0.2) is 38.7 Å². The van der Waals surface area contributed by atoms with Crippen LogP contribution in [0.25, 0.3) is 6.08 Å². The fourth-order valence-electron chi connectivity index (χ4n) is 3.89. The van der Waals surface area contributed by atoms with Crippen molar-refractivity contribution in [3.8, 4) is 17.2 Å². The number of methoxy groups -OCH3 is 3. The molecular weight excluding hydrogens is 354 g/mol. The van der Waals surface area contributed by atoms with Gasteiger partial charge in [0.25, 0.3) is 0 Å². The highest BCUT2D eigenvalue weighted by Crippen LogP contribution is 2.53. The Morgan fingerprint density at radius 2 is 1.71 bits per heavy atom. The summed E-state index contributed by atoms with van der Waals surface area (Å²) in [7, 11) is 4.92. The van der Waals surface area contributed by atoms with E-state index in [0.717, 1.165) is 35.4 Å². The number of benzene rings is 2. The summed E-state index contributed by atoms with van der Waals surface area (Å²) in [4.78, 5) is 14.7. The highest BCUT2D eigenvalue weighted by atomic mass is 16.5. The molecule has 0 radical (unpaired) electrons. The Labute approximate surface area is 165 Å². The van der Waals surface area contributed by atoms with Gasteiger partial charge in [-0.2, -0.15) is 0 Å². The van der Waals surface area contributed by atoms with Crippen molar-refractivity contribution >= 4 is 12.0 Å².